The van der Waals surface area contributed by atoms with Crippen molar-refractivity contribution in [2.24, 2.45) is 10.8 Å². The van der Waals surface area contributed by atoms with E-state index >= 15 is 0 Å². The molecule has 0 aromatic rings. The van der Waals surface area contributed by atoms with E-state index in [0.717, 1.165) is 13.1 Å². The van der Waals surface area contributed by atoms with Gasteiger partial charge in [0.25, 0.3) is 0 Å². The zero-order valence-corrected chi connectivity index (χ0v) is 22.4. The molecule has 0 saturated heterocycles. The molecule has 2 N–H and O–H groups in total. The molecule has 0 aliphatic heterocycles. The van der Waals surface area contributed by atoms with Crippen LogP contribution in [-0.4, -0.2) is 41.6 Å². The first-order chi connectivity index (χ1) is 14.5. The van der Waals surface area contributed by atoms with E-state index in [1.165, 1.54) is 103 Å². The Labute approximate surface area is 196 Å². The van der Waals surface area contributed by atoms with Crippen molar-refractivity contribution in [3.05, 3.63) is 0 Å². The predicted molar refractivity (Wildman–Crippen MR) is 139 cm³/mol. The molecule has 0 aliphatic carbocycles. The third-order valence-corrected chi connectivity index (χ3v) is 6.22. The van der Waals surface area contributed by atoms with Crippen LogP contribution in [0.4, 0.5) is 0 Å². The molecule has 0 amide bonds. The Hall–Kier alpha value is -0.0551. The maximum absolute atomic E-state index is 9.40. The van der Waals surface area contributed by atoms with Gasteiger partial charge in [0.05, 0.1) is 0 Å². The molecule has 3 nitrogen and oxygen atoms in total. The van der Waals surface area contributed by atoms with E-state index in [0.29, 0.717) is 17.3 Å². The fourth-order valence-corrected chi connectivity index (χ4v) is 4.27. The lowest BCUT2D eigenvalue weighted by molar-refractivity contribution is 0.265. The molecule has 0 rings (SSSR count). The largest absolute Gasteiger partial charge is 0.466 e. The lowest BCUT2D eigenvalue weighted by atomic mass is 9.89. The van der Waals surface area contributed by atoms with E-state index in [-0.39, 0.29) is 0 Å². The quantitative estimate of drug-likeness (QED) is 0.151. The first kappa shape index (κ1) is 30.9. The minimum atomic E-state index is -1.20. The van der Waals surface area contributed by atoms with Crippen LogP contribution in [0.15, 0.2) is 0 Å². The Balaban J connectivity index is 3.65. The Morgan fingerprint density at radius 2 is 0.774 bits per heavy atom. The molecule has 0 atom stereocenters. The second-order valence-electron chi connectivity index (χ2n) is 12.4. The normalized spacial score (nSPS) is 12.7. The minimum Gasteiger partial charge on any atom is -0.426 e. The van der Waals surface area contributed by atoms with Gasteiger partial charge in [0.1, 0.15) is 0 Å². The summed E-state index contributed by atoms with van der Waals surface area (Å²) in [5, 5.41) is 18.8. The van der Waals surface area contributed by atoms with Crippen molar-refractivity contribution in [3.8, 4) is 0 Å². The second-order valence-corrected chi connectivity index (χ2v) is 12.4. The van der Waals surface area contributed by atoms with Gasteiger partial charge in [0.2, 0.25) is 0 Å². The van der Waals surface area contributed by atoms with Crippen molar-refractivity contribution >= 4 is 7.12 Å². The van der Waals surface area contributed by atoms with E-state index in [1.807, 2.05) is 0 Å². The number of nitrogens with zero attached hydrogens (tertiary/aromatic N) is 1. The molecule has 0 aromatic heterocycles. The molecule has 186 valence electrons. The Bertz CT molecular complexity index is 356. The number of hydrogen-bond donors (Lipinski definition) is 2. The molecule has 0 aliphatic rings. The fraction of sp³-hybridized carbons (Fsp3) is 1.00. The minimum absolute atomic E-state index is 0.402. The maximum atomic E-state index is 9.40. The van der Waals surface area contributed by atoms with E-state index in [2.05, 4.69) is 46.4 Å². The molecule has 0 saturated carbocycles. The molecule has 0 fully saturated rings. The average molecular weight is 440 g/mol. The predicted octanol–water partition coefficient (Wildman–Crippen LogP) is 7.63. The summed E-state index contributed by atoms with van der Waals surface area (Å²) in [6, 6.07) is 0. The van der Waals surface area contributed by atoms with Gasteiger partial charge in [-0.3, -0.25) is 0 Å². The van der Waals surface area contributed by atoms with Gasteiger partial charge in [-0.05, 0) is 49.6 Å². The highest BCUT2D eigenvalue weighted by atomic mass is 16.4. The number of unbranched alkanes of at least 4 members (excludes halogenated alkanes) is 12. The van der Waals surface area contributed by atoms with Crippen LogP contribution in [0.25, 0.3) is 0 Å². The zero-order chi connectivity index (χ0) is 23.6. The molecule has 4 heteroatoms. The van der Waals surface area contributed by atoms with Crippen molar-refractivity contribution in [2.45, 2.75) is 144 Å². The van der Waals surface area contributed by atoms with Crippen LogP contribution >= 0.6 is 0 Å². The van der Waals surface area contributed by atoms with E-state index in [1.54, 1.807) is 0 Å². The van der Waals surface area contributed by atoms with E-state index < -0.39 is 7.12 Å². The third-order valence-electron chi connectivity index (χ3n) is 6.22. The Kier molecular flexibility index (Phi) is 18.3. The summed E-state index contributed by atoms with van der Waals surface area (Å²) in [7, 11) is -1.20. The lowest BCUT2D eigenvalue weighted by Gasteiger charge is -2.22. The van der Waals surface area contributed by atoms with Gasteiger partial charge < -0.3 is 14.9 Å². The summed E-state index contributed by atoms with van der Waals surface area (Å²) in [5.74, 6) is 0. The fourth-order valence-electron chi connectivity index (χ4n) is 4.27. The van der Waals surface area contributed by atoms with E-state index in [9.17, 15) is 10.0 Å². The second kappa shape index (κ2) is 18.4. The van der Waals surface area contributed by atoms with Crippen molar-refractivity contribution < 1.29 is 10.0 Å². The average Bonchev–Trinajstić information content (AvgIpc) is 2.62. The molecule has 0 unspecified atom stereocenters. The van der Waals surface area contributed by atoms with Crippen LogP contribution < -0.4 is 0 Å². The monoisotopic (exact) mass is 439 g/mol. The van der Waals surface area contributed by atoms with Crippen LogP contribution in [0.2, 0.25) is 0 Å². The Morgan fingerprint density at radius 3 is 1.06 bits per heavy atom. The highest BCUT2D eigenvalue weighted by molar-refractivity contribution is 6.41. The lowest BCUT2D eigenvalue weighted by Crippen LogP contribution is -2.36. The highest BCUT2D eigenvalue weighted by Gasteiger charge is 2.14. The van der Waals surface area contributed by atoms with Crippen LogP contribution in [0.1, 0.15) is 144 Å². The van der Waals surface area contributed by atoms with Gasteiger partial charge >= 0.3 is 7.12 Å². The molecule has 0 radical (unpaired) electrons. The number of rotatable bonds is 20. The van der Waals surface area contributed by atoms with Gasteiger partial charge in [-0.1, -0.05) is 119 Å². The molecular formula is C27H58BNO2. The maximum Gasteiger partial charge on any atom is 0.466 e. The molecule has 0 heterocycles. The smallest absolute Gasteiger partial charge is 0.426 e. The summed E-state index contributed by atoms with van der Waals surface area (Å²) >= 11 is 0. The van der Waals surface area contributed by atoms with Crippen molar-refractivity contribution in [3.63, 3.8) is 0 Å². The number of hydrogen-bond acceptors (Lipinski definition) is 3. The highest BCUT2D eigenvalue weighted by Crippen LogP contribution is 2.23. The Morgan fingerprint density at radius 1 is 0.484 bits per heavy atom. The molecule has 31 heavy (non-hydrogen) atoms. The summed E-state index contributed by atoms with van der Waals surface area (Å²) in [5.41, 5.74) is 0.958. The van der Waals surface area contributed by atoms with Gasteiger partial charge in [0, 0.05) is 6.44 Å². The van der Waals surface area contributed by atoms with Crippen LogP contribution in [0.5, 0.6) is 0 Å². The van der Waals surface area contributed by atoms with E-state index in [4.69, 9.17) is 0 Å². The molecular weight excluding hydrogens is 381 g/mol. The topological polar surface area (TPSA) is 43.7 Å². The first-order valence-electron chi connectivity index (χ1n) is 13.6. The van der Waals surface area contributed by atoms with Gasteiger partial charge in [-0.25, -0.2) is 0 Å². The standard InChI is InChI=1S/C27H58BNO2/c1-26(2,3)21-17-13-9-7-11-15-19-23-29(25-28(30)31)24-20-16-12-8-10-14-18-22-27(4,5)6/h30-31H,7-25H2,1-6H3. The van der Waals surface area contributed by atoms with Crippen molar-refractivity contribution in [1.29, 1.82) is 0 Å². The van der Waals surface area contributed by atoms with Gasteiger partial charge in [-0.15, -0.1) is 0 Å². The molecule has 0 bridgehead atoms. The first-order valence-corrected chi connectivity index (χ1v) is 13.6. The summed E-state index contributed by atoms with van der Waals surface area (Å²) in [6.45, 7) is 16.0. The van der Waals surface area contributed by atoms with Crippen LogP contribution in [0.3, 0.4) is 0 Å². The zero-order valence-electron chi connectivity index (χ0n) is 22.4. The van der Waals surface area contributed by atoms with Crippen molar-refractivity contribution in [1.82, 2.24) is 4.90 Å². The molecule has 0 aromatic carbocycles. The summed E-state index contributed by atoms with van der Waals surface area (Å²) in [6.07, 6.45) is 21.5. The SMILES string of the molecule is CC(C)(C)CCCCCCCCCN(CCCCCCCCCC(C)(C)C)CB(O)O. The van der Waals surface area contributed by atoms with Crippen LogP contribution in [0, 0.1) is 10.8 Å². The third kappa shape index (κ3) is 26.1. The summed E-state index contributed by atoms with van der Waals surface area (Å²) < 4.78 is 0. The summed E-state index contributed by atoms with van der Waals surface area (Å²) in [4.78, 5) is 2.26. The van der Waals surface area contributed by atoms with Crippen LogP contribution in [-0.2, 0) is 0 Å². The van der Waals surface area contributed by atoms with Crippen molar-refractivity contribution in [2.75, 3.05) is 19.5 Å². The molecule has 0 spiro atoms. The van der Waals surface area contributed by atoms with Gasteiger partial charge in [-0.2, -0.15) is 0 Å². The van der Waals surface area contributed by atoms with Gasteiger partial charge in [0.15, 0.2) is 0 Å².